The number of carbonyl (C=O) groups excluding carboxylic acids is 1. The highest BCUT2D eigenvalue weighted by atomic mass is 79.9. The van der Waals surface area contributed by atoms with Crippen molar-refractivity contribution in [1.82, 2.24) is 4.98 Å². The Bertz CT molecular complexity index is 286. The zero-order valence-electron chi connectivity index (χ0n) is 5.73. The number of rotatable bonds is 2. The number of nitrogens with zero attached hydrogens (tertiary/aromatic N) is 1. The molecule has 0 amide bonds. The standard InChI is InChI=1S/C6H5BrClNOS/c1-3-5(4(10)2-8)11-6(7)9-3/h2H2,1H3. The van der Waals surface area contributed by atoms with Gasteiger partial charge in [-0.2, -0.15) is 0 Å². The van der Waals surface area contributed by atoms with E-state index >= 15 is 0 Å². The van der Waals surface area contributed by atoms with Crippen LogP contribution < -0.4 is 0 Å². The minimum atomic E-state index is -0.0626. The Morgan fingerprint density at radius 3 is 2.82 bits per heavy atom. The van der Waals surface area contributed by atoms with Gasteiger partial charge in [0.15, 0.2) is 9.70 Å². The van der Waals surface area contributed by atoms with Crippen molar-refractivity contribution < 1.29 is 4.79 Å². The molecule has 5 heteroatoms. The Labute approximate surface area is 81.7 Å². The number of carbonyl (C=O) groups is 1. The average molecular weight is 255 g/mol. The first kappa shape index (κ1) is 9.16. The molecule has 0 saturated heterocycles. The van der Waals surface area contributed by atoms with Gasteiger partial charge in [0.25, 0.3) is 0 Å². The van der Waals surface area contributed by atoms with Crippen molar-refractivity contribution in [2.45, 2.75) is 6.92 Å². The fourth-order valence-corrected chi connectivity index (χ4v) is 2.38. The predicted molar refractivity (Wildman–Crippen MR) is 49.6 cm³/mol. The van der Waals surface area contributed by atoms with Crippen LogP contribution in [0.1, 0.15) is 15.4 Å². The number of aromatic nitrogens is 1. The zero-order valence-corrected chi connectivity index (χ0v) is 8.89. The third kappa shape index (κ3) is 2.01. The average Bonchev–Trinajstić information content (AvgIpc) is 2.28. The zero-order chi connectivity index (χ0) is 8.43. The molecule has 0 N–H and O–H groups in total. The number of halogens is 2. The molecule has 0 aliphatic rings. The number of hydrogen-bond donors (Lipinski definition) is 0. The molecule has 60 valence electrons. The van der Waals surface area contributed by atoms with Gasteiger partial charge in [0.2, 0.25) is 0 Å². The predicted octanol–water partition coefficient (Wildman–Crippen LogP) is 2.64. The normalized spacial score (nSPS) is 10.1. The van der Waals surface area contributed by atoms with Gasteiger partial charge in [-0.05, 0) is 22.9 Å². The lowest BCUT2D eigenvalue weighted by molar-refractivity contribution is 0.102. The maximum Gasteiger partial charge on any atom is 0.189 e. The molecule has 0 saturated carbocycles. The van der Waals surface area contributed by atoms with Crippen molar-refractivity contribution in [3.05, 3.63) is 14.5 Å². The first-order valence-corrected chi connectivity index (χ1v) is 5.01. The van der Waals surface area contributed by atoms with E-state index in [9.17, 15) is 4.79 Å². The summed E-state index contributed by atoms with van der Waals surface area (Å²) in [4.78, 5) is 15.7. The fraction of sp³-hybridized carbons (Fsp3) is 0.333. The van der Waals surface area contributed by atoms with E-state index in [1.54, 1.807) is 6.92 Å². The number of thiazole rings is 1. The molecule has 0 aliphatic heterocycles. The summed E-state index contributed by atoms with van der Waals surface area (Å²) in [5.74, 6) is -0.0393. The number of Topliss-reactive ketones (excluding diaryl/α,β-unsaturated/α-hetero) is 1. The van der Waals surface area contributed by atoms with Gasteiger partial charge >= 0.3 is 0 Å². The van der Waals surface area contributed by atoms with Crippen LogP contribution in [0.4, 0.5) is 0 Å². The fourth-order valence-electron chi connectivity index (χ4n) is 0.683. The second-order valence-electron chi connectivity index (χ2n) is 1.94. The van der Waals surface area contributed by atoms with Gasteiger partial charge in [-0.25, -0.2) is 4.98 Å². The van der Waals surface area contributed by atoms with E-state index in [0.29, 0.717) is 4.88 Å². The monoisotopic (exact) mass is 253 g/mol. The molecule has 1 rings (SSSR count). The van der Waals surface area contributed by atoms with Crippen molar-refractivity contribution in [3.8, 4) is 0 Å². The van der Waals surface area contributed by atoms with Gasteiger partial charge in [-0.1, -0.05) is 0 Å². The molecule has 1 aromatic heterocycles. The molecule has 0 unspecified atom stereocenters. The van der Waals surface area contributed by atoms with Crippen molar-refractivity contribution in [1.29, 1.82) is 0 Å². The summed E-state index contributed by atoms with van der Waals surface area (Å²) in [6, 6.07) is 0. The van der Waals surface area contributed by atoms with Crippen molar-refractivity contribution in [2.24, 2.45) is 0 Å². The van der Waals surface area contributed by atoms with Crippen LogP contribution in [0.2, 0.25) is 0 Å². The highest BCUT2D eigenvalue weighted by molar-refractivity contribution is 9.11. The topological polar surface area (TPSA) is 30.0 Å². The first-order chi connectivity index (χ1) is 5.15. The molecule has 0 radical (unpaired) electrons. The highest BCUT2D eigenvalue weighted by Gasteiger charge is 2.12. The van der Waals surface area contributed by atoms with Gasteiger partial charge in [0, 0.05) is 0 Å². The Balaban J connectivity index is 3.03. The van der Waals surface area contributed by atoms with E-state index in [0.717, 1.165) is 9.61 Å². The molecular weight excluding hydrogens is 249 g/mol. The molecule has 0 atom stereocenters. The third-order valence-corrected chi connectivity index (χ3v) is 3.04. The molecule has 0 aromatic carbocycles. The Morgan fingerprint density at radius 2 is 2.45 bits per heavy atom. The van der Waals surface area contributed by atoms with Gasteiger partial charge in [0.05, 0.1) is 16.5 Å². The van der Waals surface area contributed by atoms with Crippen LogP contribution in [-0.2, 0) is 0 Å². The lowest BCUT2D eigenvalue weighted by Crippen LogP contribution is -1.98. The molecular formula is C6H5BrClNOS. The Morgan fingerprint density at radius 1 is 1.82 bits per heavy atom. The molecule has 1 aromatic rings. The molecule has 2 nitrogen and oxygen atoms in total. The molecule has 0 spiro atoms. The van der Waals surface area contributed by atoms with Gasteiger partial charge in [-0.3, -0.25) is 4.79 Å². The minimum absolute atomic E-state index is 0.0233. The molecule has 11 heavy (non-hydrogen) atoms. The van der Waals surface area contributed by atoms with Crippen molar-refractivity contribution >= 4 is 44.7 Å². The lowest BCUT2D eigenvalue weighted by atomic mass is 10.3. The molecule has 0 fully saturated rings. The van der Waals surface area contributed by atoms with E-state index < -0.39 is 0 Å². The van der Waals surface area contributed by atoms with Crippen LogP contribution in [-0.4, -0.2) is 16.6 Å². The van der Waals surface area contributed by atoms with Crippen molar-refractivity contribution in [3.63, 3.8) is 0 Å². The Kier molecular flexibility index (Phi) is 3.04. The van der Waals surface area contributed by atoms with Crippen LogP contribution in [0.25, 0.3) is 0 Å². The summed E-state index contributed by atoms with van der Waals surface area (Å²) in [6.07, 6.45) is 0. The summed E-state index contributed by atoms with van der Waals surface area (Å²) in [6.45, 7) is 1.79. The highest BCUT2D eigenvalue weighted by Crippen LogP contribution is 2.23. The summed E-state index contributed by atoms with van der Waals surface area (Å²) < 4.78 is 0.725. The second kappa shape index (κ2) is 3.65. The van der Waals surface area contributed by atoms with E-state index in [2.05, 4.69) is 20.9 Å². The van der Waals surface area contributed by atoms with E-state index in [-0.39, 0.29) is 11.7 Å². The van der Waals surface area contributed by atoms with E-state index in [1.165, 1.54) is 11.3 Å². The Hall–Kier alpha value is 0.0700. The van der Waals surface area contributed by atoms with E-state index in [1.807, 2.05) is 0 Å². The summed E-state index contributed by atoms with van der Waals surface area (Å²) in [7, 11) is 0. The maximum atomic E-state index is 11.1. The number of alkyl halides is 1. The summed E-state index contributed by atoms with van der Waals surface area (Å²) in [5.41, 5.74) is 0.743. The van der Waals surface area contributed by atoms with Crippen LogP contribution in [0, 0.1) is 6.92 Å². The smallest absolute Gasteiger partial charge is 0.189 e. The number of ketones is 1. The van der Waals surface area contributed by atoms with Crippen LogP contribution in [0.5, 0.6) is 0 Å². The molecule has 0 aliphatic carbocycles. The molecule has 0 bridgehead atoms. The second-order valence-corrected chi connectivity index (χ2v) is 4.48. The summed E-state index contributed by atoms with van der Waals surface area (Å²) >= 11 is 9.89. The van der Waals surface area contributed by atoms with Crippen LogP contribution in [0.3, 0.4) is 0 Å². The van der Waals surface area contributed by atoms with E-state index in [4.69, 9.17) is 11.6 Å². The summed E-state index contributed by atoms with van der Waals surface area (Å²) in [5, 5.41) is 0. The van der Waals surface area contributed by atoms with Gasteiger partial charge < -0.3 is 0 Å². The van der Waals surface area contributed by atoms with Crippen molar-refractivity contribution in [2.75, 3.05) is 5.88 Å². The lowest BCUT2D eigenvalue weighted by Gasteiger charge is -1.89. The SMILES string of the molecule is Cc1nc(Br)sc1C(=O)CCl. The first-order valence-electron chi connectivity index (χ1n) is 2.87. The largest absolute Gasteiger partial charge is 0.292 e. The number of aryl methyl sites for hydroxylation is 1. The third-order valence-electron chi connectivity index (χ3n) is 1.15. The van der Waals surface area contributed by atoms with Crippen LogP contribution in [0.15, 0.2) is 3.92 Å². The van der Waals surface area contributed by atoms with Gasteiger partial charge in [0.1, 0.15) is 0 Å². The molecule has 1 heterocycles. The quantitative estimate of drug-likeness (QED) is 0.600. The number of hydrogen-bond acceptors (Lipinski definition) is 3. The van der Waals surface area contributed by atoms with Gasteiger partial charge in [-0.15, -0.1) is 22.9 Å². The maximum absolute atomic E-state index is 11.1. The van der Waals surface area contributed by atoms with Crippen LogP contribution >= 0.6 is 38.9 Å². The minimum Gasteiger partial charge on any atom is -0.292 e.